The molecule has 214 valence electrons. The molecule has 2 N–H and O–H groups in total. The highest BCUT2D eigenvalue weighted by Gasteiger charge is 2.34. The van der Waals surface area contributed by atoms with E-state index in [1.54, 1.807) is 29.2 Å². The molecule has 1 aliphatic heterocycles. The van der Waals surface area contributed by atoms with Crippen molar-refractivity contribution in [3.63, 3.8) is 0 Å². The molecular weight excluding hydrogens is 552 g/mol. The third kappa shape index (κ3) is 5.77. The SMILES string of the molecule is CN1CC[C@H](N(Cc2nc(-c3cc4c(N)cccc4n3CC(F)(F)F)no2)c2ccc(S(C)(=O)=O)cc2)[C@H](F)C1. The molecular formula is C26H28F4N6O3S. The number of benzene rings is 2. The molecule has 1 fully saturated rings. The molecule has 5 rings (SSSR count). The van der Waals surface area contributed by atoms with Crippen LogP contribution in [-0.4, -0.2) is 72.8 Å². The minimum absolute atomic E-state index is 0.0400. The van der Waals surface area contributed by atoms with E-state index in [0.29, 0.717) is 29.7 Å². The highest BCUT2D eigenvalue weighted by molar-refractivity contribution is 7.90. The Balaban J connectivity index is 1.51. The number of hydrogen-bond acceptors (Lipinski definition) is 8. The first-order chi connectivity index (χ1) is 18.8. The van der Waals surface area contributed by atoms with E-state index in [0.717, 1.165) is 10.8 Å². The van der Waals surface area contributed by atoms with Crippen LogP contribution in [0.2, 0.25) is 0 Å². The number of halogens is 4. The molecule has 2 aromatic carbocycles. The molecule has 0 radical (unpaired) electrons. The van der Waals surface area contributed by atoms with E-state index in [2.05, 4.69) is 10.1 Å². The van der Waals surface area contributed by atoms with Gasteiger partial charge >= 0.3 is 6.18 Å². The smallest absolute Gasteiger partial charge is 0.398 e. The van der Waals surface area contributed by atoms with Crippen molar-refractivity contribution in [3.05, 3.63) is 54.4 Å². The molecule has 0 aliphatic carbocycles. The summed E-state index contributed by atoms with van der Waals surface area (Å²) in [6, 6.07) is 11.7. The summed E-state index contributed by atoms with van der Waals surface area (Å²) in [6.45, 7) is -0.480. The maximum absolute atomic E-state index is 15.3. The quantitative estimate of drug-likeness (QED) is 0.255. The third-order valence-electron chi connectivity index (χ3n) is 7.03. The van der Waals surface area contributed by atoms with E-state index in [4.69, 9.17) is 10.3 Å². The van der Waals surface area contributed by atoms with Crippen LogP contribution in [0.25, 0.3) is 22.4 Å². The van der Waals surface area contributed by atoms with E-state index in [9.17, 15) is 21.6 Å². The Kier molecular flexibility index (Phi) is 7.25. The Labute approximate surface area is 228 Å². The number of nitrogens with zero attached hydrogens (tertiary/aromatic N) is 5. The van der Waals surface area contributed by atoms with Gasteiger partial charge in [0, 0.05) is 36.1 Å². The van der Waals surface area contributed by atoms with E-state index < -0.39 is 34.8 Å². The van der Waals surface area contributed by atoms with Crippen LogP contribution in [-0.2, 0) is 22.9 Å². The van der Waals surface area contributed by atoms with Crippen molar-refractivity contribution >= 4 is 32.1 Å². The number of hydrogen-bond donors (Lipinski definition) is 1. The van der Waals surface area contributed by atoms with E-state index in [1.807, 2.05) is 11.9 Å². The predicted molar refractivity (Wildman–Crippen MR) is 142 cm³/mol. The molecule has 0 spiro atoms. The summed E-state index contributed by atoms with van der Waals surface area (Å²) in [4.78, 5) is 8.10. The summed E-state index contributed by atoms with van der Waals surface area (Å²) >= 11 is 0. The summed E-state index contributed by atoms with van der Waals surface area (Å²) in [6.07, 6.45) is -4.17. The van der Waals surface area contributed by atoms with Crippen molar-refractivity contribution in [2.45, 2.75) is 42.8 Å². The summed E-state index contributed by atoms with van der Waals surface area (Å²) in [5.74, 6) is -0.00694. The number of piperidine rings is 1. The number of fused-ring (bicyclic) bond motifs is 1. The summed E-state index contributed by atoms with van der Waals surface area (Å²) < 4.78 is 86.1. The van der Waals surface area contributed by atoms with Gasteiger partial charge in [-0.3, -0.25) is 0 Å². The second kappa shape index (κ2) is 10.4. The van der Waals surface area contributed by atoms with Crippen LogP contribution in [0.1, 0.15) is 12.3 Å². The van der Waals surface area contributed by atoms with Crippen molar-refractivity contribution in [2.75, 3.05) is 37.0 Å². The molecule has 9 nitrogen and oxygen atoms in total. The number of nitrogen functional groups attached to an aromatic ring is 1. The van der Waals surface area contributed by atoms with E-state index in [-0.39, 0.29) is 40.9 Å². The lowest BCUT2D eigenvalue weighted by molar-refractivity contribution is -0.139. The lowest BCUT2D eigenvalue weighted by Crippen LogP contribution is -2.51. The van der Waals surface area contributed by atoms with Crippen molar-refractivity contribution in [3.8, 4) is 11.5 Å². The summed E-state index contributed by atoms with van der Waals surface area (Å²) in [5.41, 5.74) is 7.22. The molecule has 3 heterocycles. The molecule has 14 heteroatoms. The first kappa shape index (κ1) is 27.9. The predicted octanol–water partition coefficient (Wildman–Crippen LogP) is 4.29. The van der Waals surface area contributed by atoms with Crippen molar-refractivity contribution < 1.29 is 30.5 Å². The Morgan fingerprint density at radius 1 is 1.18 bits per heavy atom. The molecule has 0 saturated carbocycles. The third-order valence-corrected chi connectivity index (χ3v) is 8.16. The van der Waals surface area contributed by atoms with Crippen LogP contribution >= 0.6 is 0 Å². The minimum Gasteiger partial charge on any atom is -0.398 e. The number of likely N-dealkylation sites (tertiary alicyclic amines) is 1. The largest absolute Gasteiger partial charge is 0.406 e. The van der Waals surface area contributed by atoms with Gasteiger partial charge in [-0.2, -0.15) is 18.2 Å². The first-order valence-corrected chi connectivity index (χ1v) is 14.4. The average Bonchev–Trinajstić information content (AvgIpc) is 3.47. The van der Waals surface area contributed by atoms with Crippen LogP contribution in [0.15, 0.2) is 57.9 Å². The monoisotopic (exact) mass is 580 g/mol. The second-order valence-electron chi connectivity index (χ2n) is 10.1. The van der Waals surface area contributed by atoms with Gasteiger partial charge in [0.15, 0.2) is 9.84 Å². The molecule has 1 saturated heterocycles. The van der Waals surface area contributed by atoms with E-state index in [1.165, 1.54) is 24.3 Å². The van der Waals surface area contributed by atoms with Crippen LogP contribution in [0, 0.1) is 0 Å². The van der Waals surface area contributed by atoms with Crippen LogP contribution in [0.5, 0.6) is 0 Å². The number of anilines is 2. The topological polar surface area (TPSA) is 110 Å². The molecule has 4 aromatic rings. The Morgan fingerprint density at radius 2 is 1.90 bits per heavy atom. The molecule has 2 aromatic heterocycles. The molecule has 2 atom stereocenters. The minimum atomic E-state index is -4.52. The first-order valence-electron chi connectivity index (χ1n) is 12.5. The highest BCUT2D eigenvalue weighted by atomic mass is 32.2. The Morgan fingerprint density at radius 3 is 2.55 bits per heavy atom. The lowest BCUT2D eigenvalue weighted by atomic mass is 10.0. The highest BCUT2D eigenvalue weighted by Crippen LogP contribution is 2.34. The lowest BCUT2D eigenvalue weighted by Gasteiger charge is -2.40. The molecule has 1 aliphatic rings. The van der Waals surface area contributed by atoms with Gasteiger partial charge in [0.05, 0.1) is 28.7 Å². The number of alkyl halides is 4. The standard InChI is InChI=1S/C26H28F4N6O3S/c1-34-11-10-22(19(27)13-34)35(16-6-8-17(9-7-16)40(2,37)38)14-24-32-25(33-39-24)23-12-18-20(31)4-3-5-21(18)36(23)15-26(28,29)30/h3-9,12,19,22H,10-11,13-15,31H2,1-2H3/t19-,22+/m1/s1. The summed E-state index contributed by atoms with van der Waals surface area (Å²) in [7, 11) is -1.61. The zero-order chi connectivity index (χ0) is 28.8. The number of rotatable bonds is 7. The number of nitrogens with two attached hydrogens (primary N) is 1. The molecule has 0 bridgehead atoms. The van der Waals surface area contributed by atoms with Gasteiger partial charge < -0.3 is 24.6 Å². The van der Waals surface area contributed by atoms with E-state index >= 15 is 4.39 Å². The fourth-order valence-corrected chi connectivity index (χ4v) is 5.72. The van der Waals surface area contributed by atoms with Gasteiger partial charge in [0.1, 0.15) is 12.7 Å². The maximum atomic E-state index is 15.3. The Bertz CT molecular complexity index is 1620. The van der Waals surface area contributed by atoms with Gasteiger partial charge in [-0.05, 0) is 55.9 Å². The van der Waals surface area contributed by atoms with Gasteiger partial charge in [0.25, 0.3) is 0 Å². The van der Waals surface area contributed by atoms with Gasteiger partial charge in [-0.15, -0.1) is 0 Å². The van der Waals surface area contributed by atoms with Crippen molar-refractivity contribution in [1.82, 2.24) is 19.6 Å². The van der Waals surface area contributed by atoms with Crippen molar-refractivity contribution in [2.24, 2.45) is 0 Å². The van der Waals surface area contributed by atoms with Gasteiger partial charge in [0.2, 0.25) is 11.7 Å². The Hall–Kier alpha value is -3.65. The maximum Gasteiger partial charge on any atom is 0.406 e. The normalized spacial score (nSPS) is 18.9. The average molecular weight is 581 g/mol. The fraction of sp³-hybridized carbons (Fsp3) is 0.385. The zero-order valence-corrected chi connectivity index (χ0v) is 22.6. The number of aromatic nitrogens is 3. The van der Waals surface area contributed by atoms with Crippen LogP contribution in [0.4, 0.5) is 28.9 Å². The van der Waals surface area contributed by atoms with Crippen molar-refractivity contribution in [1.29, 1.82) is 0 Å². The zero-order valence-electron chi connectivity index (χ0n) is 21.8. The second-order valence-corrected chi connectivity index (χ2v) is 12.1. The van der Waals surface area contributed by atoms with Gasteiger partial charge in [-0.1, -0.05) is 11.2 Å². The molecule has 40 heavy (non-hydrogen) atoms. The van der Waals surface area contributed by atoms with Crippen LogP contribution < -0.4 is 10.6 Å². The van der Waals surface area contributed by atoms with Gasteiger partial charge in [-0.25, -0.2) is 12.8 Å². The molecule has 0 amide bonds. The fourth-order valence-electron chi connectivity index (χ4n) is 5.09. The van der Waals surface area contributed by atoms with Crippen LogP contribution in [0.3, 0.4) is 0 Å². The summed E-state index contributed by atoms with van der Waals surface area (Å²) in [5, 5.41) is 4.37. The molecule has 0 unspecified atom stereocenters. The number of sulfone groups is 1.